The summed E-state index contributed by atoms with van der Waals surface area (Å²) in [6.45, 7) is 3.01. The van der Waals surface area contributed by atoms with E-state index in [2.05, 4.69) is 28.8 Å². The van der Waals surface area contributed by atoms with Gasteiger partial charge >= 0.3 is 0 Å². The summed E-state index contributed by atoms with van der Waals surface area (Å²) in [5.41, 5.74) is 1.35. The van der Waals surface area contributed by atoms with Crippen LogP contribution in [0.1, 0.15) is 10.4 Å². The average molecular weight is 207 g/mol. The second-order valence-corrected chi connectivity index (χ2v) is 4.22. The van der Waals surface area contributed by atoms with Crippen molar-refractivity contribution in [2.45, 2.75) is 13.5 Å². The van der Waals surface area contributed by atoms with Crippen LogP contribution >= 0.6 is 11.3 Å². The van der Waals surface area contributed by atoms with Crippen molar-refractivity contribution in [2.75, 3.05) is 5.32 Å². The van der Waals surface area contributed by atoms with Crippen LogP contribution in [0.15, 0.2) is 23.7 Å². The molecule has 0 aliphatic heterocycles. The van der Waals surface area contributed by atoms with Gasteiger partial charge in [-0.15, -0.1) is 11.3 Å². The summed E-state index contributed by atoms with van der Waals surface area (Å²) < 4.78 is 1.84. The molecule has 0 atom stereocenters. The van der Waals surface area contributed by atoms with Crippen molar-refractivity contribution in [3.63, 3.8) is 0 Å². The second-order valence-electron chi connectivity index (χ2n) is 3.22. The molecule has 14 heavy (non-hydrogen) atoms. The Kier molecular flexibility index (Phi) is 2.54. The number of anilines is 1. The Morgan fingerprint density at radius 1 is 1.50 bits per heavy atom. The van der Waals surface area contributed by atoms with Crippen LogP contribution in [0.4, 0.5) is 5.82 Å². The fraction of sp³-hybridized carbons (Fsp3) is 0.300. The predicted octanol–water partition coefficient (Wildman–Crippen LogP) is 2.40. The number of nitrogens with one attached hydrogen (secondary N) is 1. The first-order chi connectivity index (χ1) is 6.77. The number of hydrogen-bond acceptors (Lipinski definition) is 3. The Hall–Kier alpha value is -1.29. The molecule has 0 amide bonds. The zero-order valence-corrected chi connectivity index (χ0v) is 9.14. The van der Waals surface area contributed by atoms with Gasteiger partial charge in [0.05, 0.1) is 12.7 Å². The largest absolute Gasteiger partial charge is 0.365 e. The quantitative estimate of drug-likeness (QED) is 0.837. The van der Waals surface area contributed by atoms with Crippen molar-refractivity contribution in [1.29, 1.82) is 0 Å². The van der Waals surface area contributed by atoms with Gasteiger partial charge in [-0.3, -0.25) is 4.68 Å². The third-order valence-electron chi connectivity index (χ3n) is 2.22. The molecule has 1 N–H and O–H groups in total. The lowest BCUT2D eigenvalue weighted by atomic mass is 10.3. The van der Waals surface area contributed by atoms with Gasteiger partial charge in [0.2, 0.25) is 0 Å². The summed E-state index contributed by atoms with van der Waals surface area (Å²) in [6, 6.07) is 4.12. The van der Waals surface area contributed by atoms with E-state index >= 15 is 0 Å². The van der Waals surface area contributed by atoms with E-state index in [0.29, 0.717) is 0 Å². The number of aromatic nitrogens is 2. The summed E-state index contributed by atoms with van der Waals surface area (Å²) in [7, 11) is 1.93. The fourth-order valence-electron chi connectivity index (χ4n) is 1.30. The fourth-order valence-corrected chi connectivity index (χ4v) is 2.15. The summed E-state index contributed by atoms with van der Waals surface area (Å²) >= 11 is 1.79. The normalized spacial score (nSPS) is 10.4. The van der Waals surface area contributed by atoms with Crippen LogP contribution in [-0.4, -0.2) is 9.78 Å². The third-order valence-corrected chi connectivity index (χ3v) is 3.24. The zero-order chi connectivity index (χ0) is 9.97. The van der Waals surface area contributed by atoms with E-state index in [1.165, 1.54) is 10.4 Å². The lowest BCUT2D eigenvalue weighted by Gasteiger charge is -2.05. The first-order valence-electron chi connectivity index (χ1n) is 4.52. The number of aryl methyl sites for hydroxylation is 2. The molecule has 74 valence electrons. The first-order valence-corrected chi connectivity index (χ1v) is 5.40. The van der Waals surface area contributed by atoms with E-state index in [-0.39, 0.29) is 0 Å². The molecule has 4 heteroatoms. The Morgan fingerprint density at radius 3 is 2.93 bits per heavy atom. The Bertz CT molecular complexity index is 376. The van der Waals surface area contributed by atoms with E-state index in [0.717, 1.165) is 12.4 Å². The van der Waals surface area contributed by atoms with E-state index in [4.69, 9.17) is 0 Å². The number of nitrogens with zero attached hydrogens (tertiary/aromatic N) is 2. The maximum Gasteiger partial charge on any atom is 0.124 e. The lowest BCUT2D eigenvalue weighted by Crippen LogP contribution is -2.03. The summed E-state index contributed by atoms with van der Waals surface area (Å²) in [4.78, 5) is 1.38. The summed E-state index contributed by atoms with van der Waals surface area (Å²) in [5.74, 6) is 1.05. The van der Waals surface area contributed by atoms with E-state index < -0.39 is 0 Å². The Balaban J connectivity index is 2.02. The van der Waals surface area contributed by atoms with Gasteiger partial charge < -0.3 is 5.32 Å². The van der Waals surface area contributed by atoms with Crippen molar-refractivity contribution in [3.05, 3.63) is 34.2 Å². The number of rotatable bonds is 3. The molecule has 0 aliphatic rings. The van der Waals surface area contributed by atoms with Gasteiger partial charge in [0.25, 0.3) is 0 Å². The second kappa shape index (κ2) is 3.84. The van der Waals surface area contributed by atoms with Crippen LogP contribution in [0, 0.1) is 6.92 Å². The average Bonchev–Trinajstić information content (AvgIpc) is 2.72. The van der Waals surface area contributed by atoms with Crippen molar-refractivity contribution in [3.8, 4) is 0 Å². The van der Waals surface area contributed by atoms with Crippen molar-refractivity contribution >= 4 is 17.2 Å². The summed E-state index contributed by atoms with van der Waals surface area (Å²) in [5, 5.41) is 9.56. The monoisotopic (exact) mass is 207 g/mol. The molecule has 0 aromatic carbocycles. The van der Waals surface area contributed by atoms with Crippen molar-refractivity contribution in [2.24, 2.45) is 7.05 Å². The highest BCUT2D eigenvalue weighted by atomic mass is 32.1. The molecule has 2 aromatic rings. The van der Waals surface area contributed by atoms with Crippen molar-refractivity contribution in [1.82, 2.24) is 9.78 Å². The molecule has 0 radical (unpaired) electrons. The molecule has 0 unspecified atom stereocenters. The zero-order valence-electron chi connectivity index (χ0n) is 8.32. The maximum absolute atomic E-state index is 4.10. The van der Waals surface area contributed by atoms with Gasteiger partial charge in [-0.05, 0) is 23.9 Å². The van der Waals surface area contributed by atoms with Crippen LogP contribution in [-0.2, 0) is 13.6 Å². The molecule has 2 aromatic heterocycles. The molecule has 0 saturated carbocycles. The van der Waals surface area contributed by atoms with E-state index in [1.807, 2.05) is 17.8 Å². The van der Waals surface area contributed by atoms with Gasteiger partial charge in [-0.25, -0.2) is 0 Å². The molecule has 3 nitrogen and oxygen atoms in total. The minimum atomic E-state index is 0.878. The lowest BCUT2D eigenvalue weighted by molar-refractivity contribution is 0.769. The number of thiophene rings is 1. The smallest absolute Gasteiger partial charge is 0.124 e. The van der Waals surface area contributed by atoms with Gasteiger partial charge in [0.1, 0.15) is 5.82 Å². The molecule has 0 aliphatic carbocycles. The van der Waals surface area contributed by atoms with E-state index in [9.17, 15) is 0 Å². The molecule has 0 fully saturated rings. The van der Waals surface area contributed by atoms with Gasteiger partial charge in [0.15, 0.2) is 0 Å². The van der Waals surface area contributed by atoms with Gasteiger partial charge in [0, 0.05) is 18.0 Å². The highest BCUT2D eigenvalue weighted by molar-refractivity contribution is 7.10. The SMILES string of the molecule is Cc1ccsc1CNc1ccnn1C. The van der Waals surface area contributed by atoms with Gasteiger partial charge in [-0.2, -0.15) is 5.10 Å². The molecule has 0 saturated heterocycles. The predicted molar refractivity (Wildman–Crippen MR) is 59.6 cm³/mol. The van der Waals surface area contributed by atoms with Crippen LogP contribution in [0.5, 0.6) is 0 Å². The third kappa shape index (κ3) is 1.80. The highest BCUT2D eigenvalue weighted by Gasteiger charge is 2.01. The topological polar surface area (TPSA) is 29.9 Å². The molecule has 2 heterocycles. The Morgan fingerprint density at radius 2 is 2.36 bits per heavy atom. The van der Waals surface area contributed by atoms with Gasteiger partial charge in [-0.1, -0.05) is 0 Å². The molecule has 2 rings (SSSR count). The first kappa shape index (κ1) is 9.27. The maximum atomic E-state index is 4.10. The van der Waals surface area contributed by atoms with Crippen LogP contribution in [0.25, 0.3) is 0 Å². The summed E-state index contributed by atoms with van der Waals surface area (Å²) in [6.07, 6.45) is 1.80. The van der Waals surface area contributed by atoms with Crippen LogP contribution in [0.3, 0.4) is 0 Å². The Labute approximate surface area is 87.4 Å². The van der Waals surface area contributed by atoms with Crippen LogP contribution < -0.4 is 5.32 Å². The molecular formula is C10H13N3S. The highest BCUT2D eigenvalue weighted by Crippen LogP contribution is 2.17. The minimum absolute atomic E-state index is 0.878. The molecule has 0 bridgehead atoms. The van der Waals surface area contributed by atoms with Crippen LogP contribution in [0.2, 0.25) is 0 Å². The number of hydrogen-bond donors (Lipinski definition) is 1. The standard InChI is InChI=1S/C10H13N3S/c1-8-4-6-14-9(8)7-11-10-3-5-12-13(10)2/h3-6,11H,7H2,1-2H3. The van der Waals surface area contributed by atoms with Crippen molar-refractivity contribution < 1.29 is 0 Å². The molecule has 0 spiro atoms. The molecular weight excluding hydrogens is 194 g/mol. The minimum Gasteiger partial charge on any atom is -0.365 e. The van der Waals surface area contributed by atoms with E-state index in [1.54, 1.807) is 17.5 Å².